The van der Waals surface area contributed by atoms with Gasteiger partial charge in [0.1, 0.15) is 11.5 Å². The van der Waals surface area contributed by atoms with Gasteiger partial charge in [0.25, 0.3) is 5.56 Å². The molecular formula is C19H17ClFN3O. The van der Waals surface area contributed by atoms with Gasteiger partial charge in [0.15, 0.2) is 0 Å². The van der Waals surface area contributed by atoms with Crippen molar-refractivity contribution in [3.8, 4) is 0 Å². The number of aromatic nitrogens is 2. The lowest BCUT2D eigenvalue weighted by Gasteiger charge is -2.24. The second kappa shape index (κ2) is 6.58. The molecule has 1 fully saturated rings. The first-order valence-electron chi connectivity index (χ1n) is 8.27. The number of benzene rings is 1. The summed E-state index contributed by atoms with van der Waals surface area (Å²) in [4.78, 5) is 19.2. The van der Waals surface area contributed by atoms with Crippen LogP contribution in [0.3, 0.4) is 0 Å². The SMILES string of the molecule is O=c1cc(CN2CCC[C@H]2c2ccc(F)cc2)nc2ccc(Cl)cn12. The molecule has 3 heterocycles. The van der Waals surface area contributed by atoms with Gasteiger partial charge < -0.3 is 0 Å². The Labute approximate surface area is 149 Å². The van der Waals surface area contributed by atoms with Crippen LogP contribution in [0.15, 0.2) is 53.5 Å². The van der Waals surface area contributed by atoms with E-state index in [-0.39, 0.29) is 17.4 Å². The average molecular weight is 358 g/mol. The third-order valence-electron chi connectivity index (χ3n) is 4.66. The van der Waals surface area contributed by atoms with E-state index < -0.39 is 0 Å². The maximum atomic E-state index is 13.2. The van der Waals surface area contributed by atoms with Gasteiger partial charge >= 0.3 is 0 Å². The van der Waals surface area contributed by atoms with Crippen molar-refractivity contribution in [1.29, 1.82) is 0 Å². The molecule has 2 aromatic heterocycles. The smallest absolute Gasteiger partial charge is 0.258 e. The van der Waals surface area contributed by atoms with Crippen molar-refractivity contribution in [2.24, 2.45) is 0 Å². The number of halogens is 2. The number of nitrogens with zero attached hydrogens (tertiary/aromatic N) is 3. The zero-order valence-electron chi connectivity index (χ0n) is 13.5. The molecule has 1 atom stereocenters. The Morgan fingerprint density at radius 3 is 2.80 bits per heavy atom. The van der Waals surface area contributed by atoms with Gasteiger partial charge in [0, 0.05) is 24.8 Å². The van der Waals surface area contributed by atoms with Gasteiger partial charge in [-0.3, -0.25) is 14.1 Å². The number of fused-ring (bicyclic) bond motifs is 1. The standard InChI is InChI=1S/C19H17ClFN3O/c20-14-5-8-18-22-16(10-19(25)24(18)11-14)12-23-9-1-2-17(23)13-3-6-15(21)7-4-13/h3-8,10-11,17H,1-2,9,12H2/t17-/m0/s1. The minimum atomic E-state index is -0.226. The Kier molecular flexibility index (Phi) is 4.27. The number of hydrogen-bond acceptors (Lipinski definition) is 3. The van der Waals surface area contributed by atoms with Gasteiger partial charge in [-0.2, -0.15) is 0 Å². The van der Waals surface area contributed by atoms with E-state index in [4.69, 9.17) is 11.6 Å². The quantitative estimate of drug-likeness (QED) is 0.715. The third kappa shape index (κ3) is 3.30. The van der Waals surface area contributed by atoms with Crippen LogP contribution in [-0.4, -0.2) is 20.8 Å². The molecule has 1 aromatic carbocycles. The molecule has 6 heteroatoms. The lowest BCUT2D eigenvalue weighted by molar-refractivity contribution is 0.245. The highest BCUT2D eigenvalue weighted by Crippen LogP contribution is 2.32. The summed E-state index contributed by atoms with van der Waals surface area (Å²) in [5.74, 6) is -0.226. The third-order valence-corrected chi connectivity index (χ3v) is 4.88. The molecule has 4 nitrogen and oxygen atoms in total. The first kappa shape index (κ1) is 16.2. The lowest BCUT2D eigenvalue weighted by atomic mass is 10.0. The summed E-state index contributed by atoms with van der Waals surface area (Å²) >= 11 is 5.94. The van der Waals surface area contributed by atoms with Gasteiger partial charge in [0.2, 0.25) is 0 Å². The normalized spacial score (nSPS) is 18.1. The van der Waals surface area contributed by atoms with Crippen LogP contribution in [0, 0.1) is 5.82 Å². The van der Waals surface area contributed by atoms with Crippen LogP contribution in [-0.2, 0) is 6.54 Å². The fraction of sp³-hybridized carbons (Fsp3) is 0.263. The second-order valence-corrected chi connectivity index (χ2v) is 6.78. The van der Waals surface area contributed by atoms with Crippen molar-refractivity contribution in [3.63, 3.8) is 0 Å². The molecule has 25 heavy (non-hydrogen) atoms. The summed E-state index contributed by atoms with van der Waals surface area (Å²) in [6.07, 6.45) is 3.67. The topological polar surface area (TPSA) is 37.6 Å². The van der Waals surface area contributed by atoms with Crippen molar-refractivity contribution in [1.82, 2.24) is 14.3 Å². The minimum absolute atomic E-state index is 0.139. The maximum Gasteiger partial charge on any atom is 0.258 e. The molecule has 1 saturated heterocycles. The van der Waals surface area contributed by atoms with Gasteiger partial charge in [0.05, 0.1) is 10.7 Å². The fourth-order valence-electron chi connectivity index (χ4n) is 3.49. The Bertz CT molecular complexity index is 971. The van der Waals surface area contributed by atoms with Crippen LogP contribution < -0.4 is 5.56 Å². The largest absolute Gasteiger partial charge is 0.291 e. The molecule has 3 aromatic rings. The predicted molar refractivity (Wildman–Crippen MR) is 95.3 cm³/mol. The van der Waals surface area contributed by atoms with Crippen LogP contribution >= 0.6 is 11.6 Å². The first-order chi connectivity index (χ1) is 12.1. The van der Waals surface area contributed by atoms with Crippen molar-refractivity contribution < 1.29 is 4.39 Å². The molecule has 0 bridgehead atoms. The molecule has 0 saturated carbocycles. The van der Waals surface area contributed by atoms with E-state index in [2.05, 4.69) is 9.88 Å². The number of pyridine rings is 1. The lowest BCUT2D eigenvalue weighted by Crippen LogP contribution is -2.25. The Morgan fingerprint density at radius 2 is 2.00 bits per heavy atom. The molecule has 0 aliphatic carbocycles. The molecule has 1 aliphatic rings. The fourth-order valence-corrected chi connectivity index (χ4v) is 3.65. The molecule has 0 radical (unpaired) electrons. The van der Waals surface area contributed by atoms with Gasteiger partial charge in [-0.1, -0.05) is 23.7 Å². The average Bonchev–Trinajstić information content (AvgIpc) is 3.04. The summed E-state index contributed by atoms with van der Waals surface area (Å²) in [6.45, 7) is 1.53. The monoisotopic (exact) mass is 357 g/mol. The van der Waals surface area contributed by atoms with Crippen molar-refractivity contribution in [3.05, 3.63) is 81.1 Å². The molecule has 4 rings (SSSR count). The van der Waals surface area contributed by atoms with Crippen LogP contribution in [0.4, 0.5) is 4.39 Å². The highest BCUT2D eigenvalue weighted by atomic mass is 35.5. The zero-order valence-corrected chi connectivity index (χ0v) is 14.3. The van der Waals surface area contributed by atoms with Crippen LogP contribution in [0.5, 0.6) is 0 Å². The molecule has 0 spiro atoms. The Hall–Kier alpha value is -2.24. The summed E-state index contributed by atoms with van der Waals surface area (Å²) in [5.41, 5.74) is 2.29. The van der Waals surface area contributed by atoms with Gasteiger partial charge in [-0.15, -0.1) is 0 Å². The number of rotatable bonds is 3. The minimum Gasteiger partial charge on any atom is -0.291 e. The molecule has 0 N–H and O–H groups in total. The zero-order chi connectivity index (χ0) is 17.4. The van der Waals surface area contributed by atoms with E-state index in [1.165, 1.54) is 16.5 Å². The van der Waals surface area contributed by atoms with Gasteiger partial charge in [-0.05, 0) is 49.2 Å². The predicted octanol–water partition coefficient (Wildman–Crippen LogP) is 3.82. The molecule has 0 unspecified atom stereocenters. The van der Waals surface area contributed by atoms with E-state index in [0.29, 0.717) is 17.2 Å². The summed E-state index contributed by atoms with van der Waals surface area (Å²) in [5, 5.41) is 0.500. The highest BCUT2D eigenvalue weighted by molar-refractivity contribution is 6.30. The van der Waals surface area contributed by atoms with E-state index >= 15 is 0 Å². The van der Waals surface area contributed by atoms with E-state index in [9.17, 15) is 9.18 Å². The Balaban J connectivity index is 1.62. The van der Waals surface area contributed by atoms with E-state index in [1.807, 2.05) is 12.1 Å². The van der Waals surface area contributed by atoms with Crippen LogP contribution in [0.1, 0.15) is 30.1 Å². The number of likely N-dealkylation sites (tertiary alicyclic amines) is 1. The summed E-state index contributed by atoms with van der Waals surface area (Å²) in [7, 11) is 0. The number of hydrogen-bond donors (Lipinski definition) is 0. The summed E-state index contributed by atoms with van der Waals surface area (Å²) in [6, 6.07) is 11.9. The van der Waals surface area contributed by atoms with Gasteiger partial charge in [-0.25, -0.2) is 9.37 Å². The van der Waals surface area contributed by atoms with Crippen molar-refractivity contribution >= 4 is 17.2 Å². The molecule has 1 aliphatic heterocycles. The molecule has 128 valence electrons. The van der Waals surface area contributed by atoms with Crippen LogP contribution in [0.25, 0.3) is 5.65 Å². The highest BCUT2D eigenvalue weighted by Gasteiger charge is 2.26. The van der Waals surface area contributed by atoms with Crippen LogP contribution in [0.2, 0.25) is 5.02 Å². The van der Waals surface area contributed by atoms with E-state index in [0.717, 1.165) is 30.6 Å². The Morgan fingerprint density at radius 1 is 1.20 bits per heavy atom. The van der Waals surface area contributed by atoms with Crippen molar-refractivity contribution in [2.75, 3.05) is 6.54 Å². The first-order valence-corrected chi connectivity index (χ1v) is 8.65. The van der Waals surface area contributed by atoms with Crippen molar-refractivity contribution in [2.45, 2.75) is 25.4 Å². The molecule has 0 amide bonds. The molecular weight excluding hydrogens is 341 g/mol. The maximum absolute atomic E-state index is 13.2. The second-order valence-electron chi connectivity index (χ2n) is 6.34. The summed E-state index contributed by atoms with van der Waals surface area (Å²) < 4.78 is 14.6. The van der Waals surface area contributed by atoms with E-state index in [1.54, 1.807) is 24.4 Å².